The molecule has 1 fully saturated rings. The van der Waals surface area contributed by atoms with Gasteiger partial charge in [0.25, 0.3) is 0 Å². The van der Waals surface area contributed by atoms with Crippen molar-refractivity contribution in [2.75, 3.05) is 5.32 Å². The number of hydrogen-bond donors (Lipinski definition) is 2. The molecule has 0 radical (unpaired) electrons. The van der Waals surface area contributed by atoms with Crippen LogP contribution in [-0.2, 0) is 0 Å². The van der Waals surface area contributed by atoms with Gasteiger partial charge in [-0.2, -0.15) is 0 Å². The summed E-state index contributed by atoms with van der Waals surface area (Å²) < 4.78 is 0. The van der Waals surface area contributed by atoms with Gasteiger partial charge in [-0.1, -0.05) is 56.2 Å². The van der Waals surface area contributed by atoms with Crippen molar-refractivity contribution in [2.24, 2.45) is 5.92 Å². The zero-order chi connectivity index (χ0) is 14.7. The second-order valence-electron chi connectivity index (χ2n) is 6.09. The molecule has 1 aliphatic rings. The minimum Gasteiger partial charge on any atom is -0.335 e. The Hall–Kier alpha value is -2.03. The Labute approximate surface area is 125 Å². The Bertz CT molecular complexity index is 633. The van der Waals surface area contributed by atoms with Gasteiger partial charge in [0, 0.05) is 11.4 Å². The summed E-state index contributed by atoms with van der Waals surface area (Å²) in [6, 6.07) is 14.3. The molecule has 0 saturated heterocycles. The topological polar surface area (TPSA) is 41.1 Å². The van der Waals surface area contributed by atoms with Crippen molar-refractivity contribution in [1.29, 1.82) is 0 Å². The van der Waals surface area contributed by atoms with Crippen LogP contribution in [0.25, 0.3) is 10.8 Å². The lowest BCUT2D eigenvalue weighted by Crippen LogP contribution is -2.40. The predicted octanol–water partition coefficient (Wildman–Crippen LogP) is 4.54. The number of urea groups is 1. The van der Waals surface area contributed by atoms with Gasteiger partial charge >= 0.3 is 6.03 Å². The second-order valence-corrected chi connectivity index (χ2v) is 6.09. The van der Waals surface area contributed by atoms with E-state index in [9.17, 15) is 4.79 Å². The molecule has 2 unspecified atom stereocenters. The number of benzene rings is 2. The van der Waals surface area contributed by atoms with Gasteiger partial charge in [0.1, 0.15) is 0 Å². The molecule has 2 aromatic carbocycles. The van der Waals surface area contributed by atoms with Crippen molar-refractivity contribution < 1.29 is 4.79 Å². The van der Waals surface area contributed by atoms with E-state index in [1.165, 1.54) is 12.8 Å². The fraction of sp³-hybridized carbons (Fsp3) is 0.389. The summed E-state index contributed by atoms with van der Waals surface area (Å²) in [5.41, 5.74) is 0.870. The summed E-state index contributed by atoms with van der Waals surface area (Å²) >= 11 is 0. The summed E-state index contributed by atoms with van der Waals surface area (Å²) in [6.45, 7) is 2.26. The normalized spacial score (nSPS) is 22.0. The third-order valence-corrected chi connectivity index (χ3v) is 4.31. The fourth-order valence-corrected chi connectivity index (χ4v) is 3.24. The van der Waals surface area contributed by atoms with Gasteiger partial charge in [0.15, 0.2) is 0 Å². The number of rotatable bonds is 2. The van der Waals surface area contributed by atoms with E-state index in [-0.39, 0.29) is 6.03 Å². The number of anilines is 1. The van der Waals surface area contributed by atoms with E-state index in [1.807, 2.05) is 30.3 Å². The molecule has 1 aliphatic carbocycles. The van der Waals surface area contributed by atoms with Gasteiger partial charge in [-0.15, -0.1) is 0 Å². The van der Waals surface area contributed by atoms with Crippen LogP contribution in [0.4, 0.5) is 10.5 Å². The molecule has 0 aliphatic heterocycles. The number of fused-ring (bicyclic) bond motifs is 1. The lowest BCUT2D eigenvalue weighted by atomic mass is 9.87. The van der Waals surface area contributed by atoms with Gasteiger partial charge in [-0.25, -0.2) is 4.79 Å². The molecule has 3 rings (SSSR count). The van der Waals surface area contributed by atoms with E-state index in [0.29, 0.717) is 12.0 Å². The first kappa shape index (κ1) is 13.9. The molecule has 110 valence electrons. The maximum atomic E-state index is 12.2. The Morgan fingerprint density at radius 1 is 1.10 bits per heavy atom. The van der Waals surface area contributed by atoms with Crippen molar-refractivity contribution in [2.45, 2.75) is 38.6 Å². The average Bonchev–Trinajstić information content (AvgIpc) is 2.47. The number of amides is 2. The Balaban J connectivity index is 1.69. The smallest absolute Gasteiger partial charge is 0.319 e. The maximum Gasteiger partial charge on any atom is 0.319 e. The van der Waals surface area contributed by atoms with E-state index >= 15 is 0 Å². The van der Waals surface area contributed by atoms with Crippen molar-refractivity contribution in [3.8, 4) is 0 Å². The SMILES string of the molecule is CC1CCCC(NC(=O)Nc2cccc3ccccc23)C1. The molecule has 0 bridgehead atoms. The van der Waals surface area contributed by atoms with Crippen molar-refractivity contribution in [3.05, 3.63) is 42.5 Å². The molecular weight excluding hydrogens is 260 g/mol. The highest BCUT2D eigenvalue weighted by Gasteiger charge is 2.20. The summed E-state index contributed by atoms with van der Waals surface area (Å²) in [6.07, 6.45) is 4.67. The van der Waals surface area contributed by atoms with E-state index in [0.717, 1.165) is 29.3 Å². The number of hydrogen-bond acceptors (Lipinski definition) is 1. The maximum absolute atomic E-state index is 12.2. The number of carbonyl (C=O) groups is 1. The molecule has 3 heteroatoms. The van der Waals surface area contributed by atoms with E-state index in [1.54, 1.807) is 0 Å². The molecule has 2 atom stereocenters. The van der Waals surface area contributed by atoms with Gasteiger partial charge in [-0.05, 0) is 30.2 Å². The average molecular weight is 282 g/mol. The lowest BCUT2D eigenvalue weighted by Gasteiger charge is -2.27. The van der Waals surface area contributed by atoms with Crippen LogP contribution < -0.4 is 10.6 Å². The summed E-state index contributed by atoms with van der Waals surface area (Å²) in [5.74, 6) is 0.710. The first-order valence-electron chi connectivity index (χ1n) is 7.77. The lowest BCUT2D eigenvalue weighted by molar-refractivity contribution is 0.238. The molecule has 3 nitrogen and oxygen atoms in total. The van der Waals surface area contributed by atoms with Crippen LogP contribution in [0.15, 0.2) is 42.5 Å². The molecule has 0 heterocycles. The van der Waals surface area contributed by atoms with Gasteiger partial charge in [0.2, 0.25) is 0 Å². The minimum absolute atomic E-state index is 0.0922. The third kappa shape index (κ3) is 3.35. The van der Waals surface area contributed by atoms with Crippen molar-refractivity contribution >= 4 is 22.5 Å². The van der Waals surface area contributed by atoms with Gasteiger partial charge in [0.05, 0.1) is 5.69 Å². The Morgan fingerprint density at radius 2 is 1.90 bits per heavy atom. The van der Waals surface area contributed by atoms with Gasteiger partial charge < -0.3 is 10.6 Å². The zero-order valence-electron chi connectivity index (χ0n) is 12.4. The third-order valence-electron chi connectivity index (χ3n) is 4.31. The van der Waals surface area contributed by atoms with Crippen LogP contribution in [0, 0.1) is 5.92 Å². The molecular formula is C18H22N2O. The van der Waals surface area contributed by atoms with Crippen molar-refractivity contribution in [1.82, 2.24) is 5.32 Å². The minimum atomic E-state index is -0.0922. The highest BCUT2D eigenvalue weighted by atomic mass is 16.2. The Morgan fingerprint density at radius 3 is 2.76 bits per heavy atom. The number of nitrogens with one attached hydrogen (secondary N) is 2. The summed E-state index contributed by atoms with van der Waals surface area (Å²) in [5, 5.41) is 8.33. The summed E-state index contributed by atoms with van der Waals surface area (Å²) in [4.78, 5) is 12.2. The van der Waals surface area contributed by atoms with Crippen molar-refractivity contribution in [3.63, 3.8) is 0 Å². The quantitative estimate of drug-likeness (QED) is 0.834. The highest BCUT2D eigenvalue weighted by molar-refractivity contribution is 6.01. The summed E-state index contributed by atoms with van der Waals surface area (Å²) in [7, 11) is 0. The predicted molar refractivity (Wildman–Crippen MR) is 87.5 cm³/mol. The van der Waals surface area contributed by atoms with Crippen LogP contribution >= 0.6 is 0 Å². The molecule has 1 saturated carbocycles. The molecule has 21 heavy (non-hydrogen) atoms. The highest BCUT2D eigenvalue weighted by Crippen LogP contribution is 2.25. The largest absolute Gasteiger partial charge is 0.335 e. The monoisotopic (exact) mass is 282 g/mol. The molecule has 2 amide bonds. The van der Waals surface area contributed by atoms with Crippen LogP contribution in [0.1, 0.15) is 32.6 Å². The second kappa shape index (κ2) is 6.17. The first-order valence-corrected chi connectivity index (χ1v) is 7.77. The zero-order valence-corrected chi connectivity index (χ0v) is 12.4. The van der Waals surface area contributed by atoms with E-state index < -0.39 is 0 Å². The molecule has 2 aromatic rings. The van der Waals surface area contributed by atoms with E-state index in [4.69, 9.17) is 0 Å². The van der Waals surface area contributed by atoms with Crippen LogP contribution in [0.5, 0.6) is 0 Å². The number of carbonyl (C=O) groups excluding carboxylic acids is 1. The van der Waals surface area contributed by atoms with Crippen LogP contribution in [-0.4, -0.2) is 12.1 Å². The van der Waals surface area contributed by atoms with Crippen LogP contribution in [0.2, 0.25) is 0 Å². The standard InChI is InChI=1S/C18H22N2O/c1-13-6-4-9-15(12-13)19-18(21)20-17-11-5-8-14-7-2-3-10-16(14)17/h2-3,5,7-8,10-11,13,15H,4,6,9,12H2,1H3,(H2,19,20,21). The molecule has 0 aromatic heterocycles. The Kier molecular flexibility index (Phi) is 4.09. The first-order chi connectivity index (χ1) is 10.2. The molecule has 0 spiro atoms. The molecule has 2 N–H and O–H groups in total. The van der Waals surface area contributed by atoms with Crippen LogP contribution in [0.3, 0.4) is 0 Å². The van der Waals surface area contributed by atoms with E-state index in [2.05, 4.69) is 29.7 Å². The van der Waals surface area contributed by atoms with Gasteiger partial charge in [-0.3, -0.25) is 0 Å². The fourth-order valence-electron chi connectivity index (χ4n) is 3.24.